The van der Waals surface area contributed by atoms with Gasteiger partial charge < -0.3 is 15.4 Å². The van der Waals surface area contributed by atoms with Crippen LogP contribution in [0.3, 0.4) is 0 Å². The third kappa shape index (κ3) is 4.05. The van der Waals surface area contributed by atoms with Crippen LogP contribution in [0.4, 0.5) is 5.82 Å². The number of pyridine rings is 1. The maximum absolute atomic E-state index is 11.8. The van der Waals surface area contributed by atoms with Gasteiger partial charge in [-0.05, 0) is 19.1 Å². The van der Waals surface area contributed by atoms with Gasteiger partial charge in [0.05, 0.1) is 18.4 Å². The second-order valence-electron chi connectivity index (χ2n) is 4.89. The van der Waals surface area contributed by atoms with Gasteiger partial charge in [0, 0.05) is 32.8 Å². The minimum atomic E-state index is -0.0685. The van der Waals surface area contributed by atoms with Crippen LogP contribution in [-0.2, 0) is 18.4 Å². The summed E-state index contributed by atoms with van der Waals surface area (Å²) in [4.78, 5) is 15.8. The van der Waals surface area contributed by atoms with Crippen LogP contribution in [0.5, 0.6) is 5.88 Å². The topological polar surface area (TPSA) is 81.1 Å². The number of hydrogen-bond donors (Lipinski definition) is 2. The van der Waals surface area contributed by atoms with E-state index >= 15 is 0 Å². The summed E-state index contributed by atoms with van der Waals surface area (Å²) in [5.41, 5.74) is 1.93. The van der Waals surface area contributed by atoms with Gasteiger partial charge in [-0.25, -0.2) is 9.67 Å². The molecule has 2 N–H and O–H groups in total. The molecule has 0 spiro atoms. The van der Waals surface area contributed by atoms with Crippen molar-refractivity contribution < 1.29 is 9.53 Å². The molecule has 22 heavy (non-hydrogen) atoms. The number of amides is 1. The minimum Gasteiger partial charge on any atom is -0.481 e. The SMILES string of the molecule is COc1c(CNCCC(=O)Nc2ccccn2)c(C)nn1C. The molecule has 0 aliphatic rings. The molecular formula is C15H21N5O2. The maximum Gasteiger partial charge on any atom is 0.226 e. The van der Waals surface area contributed by atoms with Crippen molar-refractivity contribution in [2.75, 3.05) is 19.0 Å². The van der Waals surface area contributed by atoms with E-state index in [9.17, 15) is 4.79 Å². The Morgan fingerprint density at radius 2 is 2.23 bits per heavy atom. The molecule has 0 aliphatic carbocycles. The van der Waals surface area contributed by atoms with E-state index in [4.69, 9.17) is 4.74 Å². The van der Waals surface area contributed by atoms with Crippen molar-refractivity contribution in [3.8, 4) is 5.88 Å². The van der Waals surface area contributed by atoms with Crippen LogP contribution in [0.25, 0.3) is 0 Å². The summed E-state index contributed by atoms with van der Waals surface area (Å²) >= 11 is 0. The smallest absolute Gasteiger partial charge is 0.226 e. The first kappa shape index (κ1) is 16.0. The molecule has 2 heterocycles. The molecular weight excluding hydrogens is 282 g/mol. The summed E-state index contributed by atoms with van der Waals surface area (Å²) in [6, 6.07) is 5.40. The van der Waals surface area contributed by atoms with Crippen LogP contribution < -0.4 is 15.4 Å². The average Bonchev–Trinajstić information content (AvgIpc) is 2.78. The molecule has 0 aromatic carbocycles. The number of anilines is 1. The predicted octanol–water partition coefficient (Wildman–Crippen LogP) is 1.25. The second kappa shape index (κ2) is 7.56. The molecule has 7 heteroatoms. The number of methoxy groups -OCH3 is 1. The molecule has 0 saturated carbocycles. The number of nitrogens with zero attached hydrogens (tertiary/aromatic N) is 3. The largest absolute Gasteiger partial charge is 0.481 e. The lowest BCUT2D eigenvalue weighted by Gasteiger charge is -2.07. The fourth-order valence-electron chi connectivity index (χ4n) is 2.20. The number of nitrogens with one attached hydrogen (secondary N) is 2. The van der Waals surface area contributed by atoms with Crippen molar-refractivity contribution in [3.05, 3.63) is 35.7 Å². The van der Waals surface area contributed by atoms with Gasteiger partial charge in [-0.2, -0.15) is 5.10 Å². The number of carbonyl (C=O) groups is 1. The Bertz CT molecular complexity index is 624. The summed E-state index contributed by atoms with van der Waals surface area (Å²) in [7, 11) is 3.47. The van der Waals surface area contributed by atoms with E-state index < -0.39 is 0 Å². The summed E-state index contributed by atoms with van der Waals surface area (Å²) in [6.07, 6.45) is 2.02. The van der Waals surface area contributed by atoms with Crippen LogP contribution in [0.15, 0.2) is 24.4 Å². The highest BCUT2D eigenvalue weighted by Gasteiger charge is 2.13. The minimum absolute atomic E-state index is 0.0685. The zero-order valence-electron chi connectivity index (χ0n) is 13.1. The van der Waals surface area contributed by atoms with Gasteiger partial charge in [0.2, 0.25) is 11.8 Å². The van der Waals surface area contributed by atoms with Gasteiger partial charge >= 0.3 is 0 Å². The molecule has 2 aromatic rings. The predicted molar refractivity (Wildman–Crippen MR) is 83.7 cm³/mol. The highest BCUT2D eigenvalue weighted by Crippen LogP contribution is 2.20. The Morgan fingerprint density at radius 3 is 2.91 bits per heavy atom. The molecule has 0 unspecified atom stereocenters. The van der Waals surface area contributed by atoms with E-state index in [0.717, 1.165) is 17.1 Å². The van der Waals surface area contributed by atoms with Crippen molar-refractivity contribution in [3.63, 3.8) is 0 Å². The van der Waals surface area contributed by atoms with E-state index in [1.165, 1.54) is 0 Å². The van der Waals surface area contributed by atoms with E-state index in [1.807, 2.05) is 20.0 Å². The Morgan fingerprint density at radius 1 is 1.41 bits per heavy atom. The zero-order valence-corrected chi connectivity index (χ0v) is 13.1. The van der Waals surface area contributed by atoms with Gasteiger partial charge in [0.15, 0.2) is 0 Å². The maximum atomic E-state index is 11.8. The standard InChI is InChI=1S/C15H21N5O2/c1-11-12(15(22-3)20(2)19-11)10-16-9-7-14(21)18-13-6-4-5-8-17-13/h4-6,8,16H,7,9-10H2,1-3H3,(H,17,18,21). The normalized spacial score (nSPS) is 10.5. The molecule has 2 rings (SSSR count). The fourth-order valence-corrected chi connectivity index (χ4v) is 2.20. The molecule has 0 bridgehead atoms. The van der Waals surface area contributed by atoms with Crippen LogP contribution in [0, 0.1) is 6.92 Å². The highest BCUT2D eigenvalue weighted by atomic mass is 16.5. The molecule has 2 aromatic heterocycles. The number of hydrogen-bond acceptors (Lipinski definition) is 5. The third-order valence-electron chi connectivity index (χ3n) is 3.25. The molecule has 7 nitrogen and oxygen atoms in total. The average molecular weight is 303 g/mol. The summed E-state index contributed by atoms with van der Waals surface area (Å²) < 4.78 is 7.04. The van der Waals surface area contributed by atoms with Crippen molar-refractivity contribution in [2.45, 2.75) is 19.9 Å². The highest BCUT2D eigenvalue weighted by molar-refractivity contribution is 5.89. The quantitative estimate of drug-likeness (QED) is 0.752. The number of aromatic nitrogens is 3. The number of rotatable bonds is 7. The van der Waals surface area contributed by atoms with Gasteiger partial charge in [-0.1, -0.05) is 6.07 Å². The van der Waals surface area contributed by atoms with Gasteiger partial charge in [-0.15, -0.1) is 0 Å². The lowest BCUT2D eigenvalue weighted by atomic mass is 10.2. The zero-order chi connectivity index (χ0) is 15.9. The van der Waals surface area contributed by atoms with E-state index in [1.54, 1.807) is 30.1 Å². The van der Waals surface area contributed by atoms with Crippen molar-refractivity contribution in [1.29, 1.82) is 0 Å². The summed E-state index contributed by atoms with van der Waals surface area (Å²) in [5, 5.41) is 10.3. The van der Waals surface area contributed by atoms with Crippen LogP contribution >= 0.6 is 0 Å². The first-order chi connectivity index (χ1) is 10.6. The van der Waals surface area contributed by atoms with Gasteiger partial charge in [0.25, 0.3) is 0 Å². The molecule has 0 fully saturated rings. The number of carbonyl (C=O) groups excluding carboxylic acids is 1. The monoisotopic (exact) mass is 303 g/mol. The molecule has 1 amide bonds. The van der Waals surface area contributed by atoms with E-state index in [2.05, 4.69) is 20.7 Å². The van der Waals surface area contributed by atoms with Gasteiger partial charge in [0.1, 0.15) is 5.82 Å². The van der Waals surface area contributed by atoms with Crippen molar-refractivity contribution in [1.82, 2.24) is 20.1 Å². The first-order valence-electron chi connectivity index (χ1n) is 7.10. The van der Waals surface area contributed by atoms with Gasteiger partial charge in [-0.3, -0.25) is 4.79 Å². The molecule has 0 saturated heterocycles. The molecule has 0 radical (unpaired) electrons. The second-order valence-corrected chi connectivity index (χ2v) is 4.89. The van der Waals surface area contributed by atoms with Crippen LogP contribution in [-0.4, -0.2) is 34.3 Å². The Kier molecular flexibility index (Phi) is 5.48. The van der Waals surface area contributed by atoms with E-state index in [-0.39, 0.29) is 5.91 Å². The van der Waals surface area contributed by atoms with Crippen molar-refractivity contribution >= 4 is 11.7 Å². The summed E-state index contributed by atoms with van der Waals surface area (Å²) in [5.74, 6) is 1.24. The number of ether oxygens (including phenoxy) is 1. The third-order valence-corrected chi connectivity index (χ3v) is 3.25. The Balaban J connectivity index is 1.77. The molecule has 0 aliphatic heterocycles. The van der Waals surface area contributed by atoms with Crippen molar-refractivity contribution in [2.24, 2.45) is 7.05 Å². The van der Waals surface area contributed by atoms with E-state index in [0.29, 0.717) is 25.3 Å². The fraction of sp³-hybridized carbons (Fsp3) is 0.400. The first-order valence-corrected chi connectivity index (χ1v) is 7.10. The Hall–Kier alpha value is -2.41. The summed E-state index contributed by atoms with van der Waals surface area (Å²) in [6.45, 7) is 3.11. The lowest BCUT2D eigenvalue weighted by molar-refractivity contribution is -0.116. The lowest BCUT2D eigenvalue weighted by Crippen LogP contribution is -2.22. The number of aryl methyl sites for hydroxylation is 2. The molecule has 118 valence electrons. The Labute approximate surface area is 129 Å². The van der Waals surface area contributed by atoms with Crippen LogP contribution in [0.1, 0.15) is 17.7 Å². The van der Waals surface area contributed by atoms with Crippen LogP contribution in [0.2, 0.25) is 0 Å². The molecule has 0 atom stereocenters.